The summed E-state index contributed by atoms with van der Waals surface area (Å²) in [5, 5.41) is 0. The Morgan fingerprint density at radius 2 is 1.11 bits per heavy atom. The highest BCUT2D eigenvalue weighted by atomic mass is 32.2. The van der Waals surface area contributed by atoms with Crippen LogP contribution in [0, 0.1) is 0 Å². The predicted octanol–water partition coefficient (Wildman–Crippen LogP) is 5.41. The second-order valence-corrected chi connectivity index (χ2v) is 9.87. The van der Waals surface area contributed by atoms with Crippen LogP contribution in [0.1, 0.15) is 103 Å². The van der Waals surface area contributed by atoms with Gasteiger partial charge in [0.05, 0.1) is 24.2 Å². The molecule has 5 nitrogen and oxygen atoms in total. The van der Waals surface area contributed by atoms with Crippen molar-refractivity contribution < 1.29 is 22.5 Å². The molecule has 0 atom stereocenters. The van der Waals surface area contributed by atoms with Crippen LogP contribution >= 0.6 is 0 Å². The summed E-state index contributed by atoms with van der Waals surface area (Å²) in [4.78, 5) is 5.67. The molecule has 0 aliphatic heterocycles. The fraction of sp³-hybridized carbons (Fsp3) is 1.00. The monoisotopic (exact) mass is 407 g/mol. The van der Waals surface area contributed by atoms with Gasteiger partial charge >= 0.3 is 0 Å². The van der Waals surface area contributed by atoms with Gasteiger partial charge in [-0.05, 0) is 19.3 Å². The van der Waals surface area contributed by atoms with Crippen molar-refractivity contribution >= 4 is 10.1 Å². The van der Waals surface area contributed by atoms with Gasteiger partial charge in [0.1, 0.15) is 13.2 Å². The van der Waals surface area contributed by atoms with E-state index in [2.05, 4.69) is 6.92 Å². The molecule has 0 N–H and O–H groups in total. The molecule has 0 aliphatic rings. The van der Waals surface area contributed by atoms with Gasteiger partial charge in [0.25, 0.3) is 0 Å². The van der Waals surface area contributed by atoms with Crippen molar-refractivity contribution in [2.45, 2.75) is 103 Å². The molecule has 0 fully saturated rings. The lowest BCUT2D eigenvalue weighted by Crippen LogP contribution is -2.40. The van der Waals surface area contributed by atoms with Crippen LogP contribution in [0.5, 0.6) is 0 Å². The summed E-state index contributed by atoms with van der Waals surface area (Å²) in [5.41, 5.74) is 0. The van der Waals surface area contributed by atoms with E-state index in [4.69, 9.17) is 4.84 Å². The third-order valence-electron chi connectivity index (χ3n) is 5.03. The molecule has 0 spiro atoms. The van der Waals surface area contributed by atoms with Crippen LogP contribution in [0.3, 0.4) is 0 Å². The van der Waals surface area contributed by atoms with Gasteiger partial charge in [0.15, 0.2) is 0 Å². The van der Waals surface area contributed by atoms with Crippen LogP contribution in [-0.2, 0) is 15.0 Å². The van der Waals surface area contributed by atoms with Crippen molar-refractivity contribution in [2.24, 2.45) is 0 Å². The minimum atomic E-state index is -4.12. The van der Waals surface area contributed by atoms with Crippen LogP contribution in [-0.4, -0.2) is 50.6 Å². The van der Waals surface area contributed by atoms with Crippen molar-refractivity contribution in [3.63, 3.8) is 0 Å². The van der Waals surface area contributed by atoms with E-state index in [1.807, 2.05) is 14.1 Å². The van der Waals surface area contributed by atoms with Crippen molar-refractivity contribution in [3.05, 3.63) is 0 Å². The number of hydrogen-bond acceptors (Lipinski definition) is 4. The fourth-order valence-corrected chi connectivity index (χ4v) is 3.77. The van der Waals surface area contributed by atoms with E-state index >= 15 is 0 Å². The summed E-state index contributed by atoms with van der Waals surface area (Å²) >= 11 is 0. The average molecular weight is 408 g/mol. The van der Waals surface area contributed by atoms with Crippen molar-refractivity contribution in [2.75, 3.05) is 33.0 Å². The second-order valence-electron chi connectivity index (χ2n) is 8.34. The molecule has 0 saturated heterocycles. The Kier molecular flexibility index (Phi) is 16.6. The quantitative estimate of drug-likeness (QED) is 0.117. The topological polar surface area (TPSA) is 66.4 Å². The van der Waals surface area contributed by atoms with E-state index in [9.17, 15) is 13.0 Å². The van der Waals surface area contributed by atoms with Crippen LogP contribution in [0.4, 0.5) is 0 Å². The minimum absolute atomic E-state index is 0.270. The number of nitrogens with zero attached hydrogens (tertiary/aromatic N) is 1. The molecule has 0 aromatic rings. The number of unbranched alkanes of at least 4 members (excludes halogenated alkanes) is 13. The van der Waals surface area contributed by atoms with Crippen molar-refractivity contribution in [1.29, 1.82) is 0 Å². The summed E-state index contributed by atoms with van der Waals surface area (Å²) < 4.78 is 32.1. The van der Waals surface area contributed by atoms with E-state index in [1.54, 1.807) is 0 Å². The molecule has 0 radical (unpaired) electrons. The molecule has 0 rings (SSSR count). The first-order valence-electron chi connectivity index (χ1n) is 11.2. The van der Waals surface area contributed by atoms with Gasteiger partial charge in [-0.25, -0.2) is 13.3 Å². The Bertz CT molecular complexity index is 424. The van der Waals surface area contributed by atoms with E-state index in [-0.39, 0.29) is 12.2 Å². The molecule has 27 heavy (non-hydrogen) atoms. The maximum atomic E-state index is 10.6. The first-order valence-corrected chi connectivity index (χ1v) is 12.8. The van der Waals surface area contributed by atoms with Crippen molar-refractivity contribution in [1.82, 2.24) is 0 Å². The Morgan fingerprint density at radius 1 is 0.704 bits per heavy atom. The number of hydroxylamine groups is 3. The molecule has 0 aliphatic carbocycles. The Balaban J connectivity index is 3.35. The highest BCUT2D eigenvalue weighted by Crippen LogP contribution is 2.13. The van der Waals surface area contributed by atoms with Gasteiger partial charge < -0.3 is 4.55 Å². The highest BCUT2D eigenvalue weighted by Gasteiger charge is 2.16. The van der Waals surface area contributed by atoms with Gasteiger partial charge in [0, 0.05) is 5.75 Å². The van der Waals surface area contributed by atoms with Gasteiger partial charge in [-0.2, -0.15) is 4.65 Å². The second kappa shape index (κ2) is 16.8. The summed E-state index contributed by atoms with van der Waals surface area (Å²) in [6.07, 6.45) is 19.1. The standard InChI is InChI=1S/C21H45NO4S/c1-4-5-6-7-8-9-10-11-12-13-14-15-16-17-19-22(2,3)26-20-18-21-27(23,24)25/h4-21H2,1-3H3. The Hall–Kier alpha value is -0.170. The minimum Gasteiger partial charge on any atom is -0.748 e. The summed E-state index contributed by atoms with van der Waals surface area (Å²) in [6.45, 7) is 3.50. The lowest BCUT2D eigenvalue weighted by atomic mass is 10.0. The SMILES string of the molecule is CCCCCCCCCCCCCCCC[N+](C)(C)OCCCS(=O)(=O)[O-]. The Labute approximate surface area is 169 Å². The van der Waals surface area contributed by atoms with Gasteiger partial charge in [-0.3, -0.25) is 0 Å². The summed E-state index contributed by atoms with van der Waals surface area (Å²) in [5.74, 6) is -0.341. The highest BCUT2D eigenvalue weighted by molar-refractivity contribution is 7.85. The average Bonchev–Trinajstić information content (AvgIpc) is 2.58. The molecular formula is C21H45NO4S. The zero-order chi connectivity index (χ0) is 20.4. The van der Waals surface area contributed by atoms with E-state index in [0.717, 1.165) is 13.0 Å². The maximum Gasteiger partial charge on any atom is 0.108 e. The molecular weight excluding hydrogens is 362 g/mol. The Morgan fingerprint density at radius 3 is 1.52 bits per heavy atom. The zero-order valence-electron chi connectivity index (χ0n) is 18.2. The number of quaternary nitrogens is 1. The fourth-order valence-electron chi connectivity index (χ4n) is 3.30. The summed E-state index contributed by atoms with van der Waals surface area (Å²) in [7, 11) is -0.161. The molecule has 6 heteroatoms. The molecule has 0 heterocycles. The first-order chi connectivity index (χ1) is 12.8. The van der Waals surface area contributed by atoms with Gasteiger partial charge in [-0.15, -0.1) is 0 Å². The largest absolute Gasteiger partial charge is 0.748 e. The first kappa shape index (κ1) is 26.8. The van der Waals surface area contributed by atoms with Crippen LogP contribution in [0.25, 0.3) is 0 Å². The molecule has 0 aromatic carbocycles. The van der Waals surface area contributed by atoms with Crippen LogP contribution in [0.2, 0.25) is 0 Å². The third kappa shape index (κ3) is 22.0. The maximum absolute atomic E-state index is 10.6. The lowest BCUT2D eigenvalue weighted by molar-refractivity contribution is -1.08. The van der Waals surface area contributed by atoms with Gasteiger partial charge in [0.2, 0.25) is 0 Å². The van der Waals surface area contributed by atoms with Crippen molar-refractivity contribution in [3.8, 4) is 0 Å². The van der Waals surface area contributed by atoms with E-state index in [1.165, 1.54) is 83.5 Å². The normalized spacial score (nSPS) is 12.6. The van der Waals surface area contributed by atoms with Gasteiger partial charge in [-0.1, -0.05) is 84.0 Å². The van der Waals surface area contributed by atoms with E-state index < -0.39 is 10.1 Å². The predicted molar refractivity (Wildman–Crippen MR) is 112 cm³/mol. The third-order valence-corrected chi connectivity index (χ3v) is 5.82. The number of rotatable bonds is 20. The smallest absolute Gasteiger partial charge is 0.108 e. The van der Waals surface area contributed by atoms with Crippen LogP contribution < -0.4 is 0 Å². The lowest BCUT2D eigenvalue weighted by Gasteiger charge is -2.27. The molecule has 0 unspecified atom stereocenters. The molecule has 0 aromatic heterocycles. The van der Waals surface area contributed by atoms with E-state index in [0.29, 0.717) is 11.3 Å². The van der Waals surface area contributed by atoms with Crippen LogP contribution in [0.15, 0.2) is 0 Å². The summed E-state index contributed by atoms with van der Waals surface area (Å²) in [6, 6.07) is 0. The zero-order valence-corrected chi connectivity index (χ0v) is 19.0. The molecule has 164 valence electrons. The molecule has 0 saturated carbocycles. The molecule has 0 amide bonds. The number of hydrogen-bond donors (Lipinski definition) is 0. The molecule has 0 bridgehead atoms.